The zero-order valence-corrected chi connectivity index (χ0v) is 17.7. The highest BCUT2D eigenvalue weighted by atomic mass is 16.6. The van der Waals surface area contributed by atoms with Crippen LogP contribution in [0.3, 0.4) is 0 Å². The summed E-state index contributed by atoms with van der Waals surface area (Å²) >= 11 is 0. The van der Waals surface area contributed by atoms with Gasteiger partial charge in [0.25, 0.3) is 0 Å². The predicted molar refractivity (Wildman–Crippen MR) is 109 cm³/mol. The first-order valence-corrected chi connectivity index (χ1v) is 9.89. The maximum atomic E-state index is 12.8. The predicted octanol–water partition coefficient (Wildman–Crippen LogP) is 3.74. The van der Waals surface area contributed by atoms with Gasteiger partial charge in [-0.15, -0.1) is 0 Å². The van der Waals surface area contributed by atoms with Gasteiger partial charge in [0, 0.05) is 13.1 Å². The molecule has 2 heterocycles. The van der Waals surface area contributed by atoms with E-state index < -0.39 is 23.8 Å². The lowest BCUT2D eigenvalue weighted by atomic mass is 10.1. The van der Waals surface area contributed by atoms with Crippen molar-refractivity contribution >= 4 is 18.2 Å². The van der Waals surface area contributed by atoms with Crippen LogP contribution in [0.1, 0.15) is 42.5 Å². The van der Waals surface area contributed by atoms with Gasteiger partial charge < -0.3 is 23.9 Å². The number of likely N-dealkylation sites (tertiary alicyclic amines) is 1. The third-order valence-corrected chi connectivity index (χ3v) is 4.68. The fourth-order valence-corrected chi connectivity index (χ4v) is 3.08. The van der Waals surface area contributed by atoms with Crippen molar-refractivity contribution in [2.75, 3.05) is 13.1 Å². The van der Waals surface area contributed by atoms with Crippen LogP contribution in [0, 0.1) is 0 Å². The van der Waals surface area contributed by atoms with E-state index in [0.29, 0.717) is 0 Å². The molecule has 9 heteroatoms. The average Bonchev–Trinajstić information content (AvgIpc) is 3.12. The van der Waals surface area contributed by atoms with E-state index in [1.54, 1.807) is 20.8 Å². The molecule has 2 aromatic rings. The molecular weight excluding hydrogens is 404 g/mol. The van der Waals surface area contributed by atoms with Crippen LogP contribution in [0.25, 0.3) is 0 Å². The average molecular weight is 430 g/mol. The number of hydrogen-bond donors (Lipinski definition) is 1. The maximum absolute atomic E-state index is 12.8. The third-order valence-electron chi connectivity index (χ3n) is 4.68. The minimum absolute atomic E-state index is 0.0239. The molecule has 0 spiro atoms. The summed E-state index contributed by atoms with van der Waals surface area (Å²) in [6.07, 6.45) is 0.177. The largest absolute Gasteiger partial charge is 0.478 e. The molecule has 1 N–H and O–H groups in total. The van der Waals surface area contributed by atoms with Gasteiger partial charge in [0.1, 0.15) is 23.5 Å². The standard InChI is InChI=1S/C22H26N2O7/c1-22(2,3)31-20(27)23-11-16(12-23)24(13-18-17(19(25)26)9-10-29-18)21(28)30-14-15-7-5-4-6-8-15/h4-10,16H,11-14H2,1-3H3,(H,25,26). The van der Waals surface area contributed by atoms with Gasteiger partial charge in [-0.3, -0.25) is 4.90 Å². The summed E-state index contributed by atoms with van der Waals surface area (Å²) in [6, 6.07) is 10.2. The van der Waals surface area contributed by atoms with Crippen molar-refractivity contribution in [3.05, 3.63) is 59.5 Å². The van der Waals surface area contributed by atoms with Crippen LogP contribution in [0.4, 0.5) is 9.59 Å². The Bertz CT molecular complexity index is 927. The number of rotatable bonds is 6. The minimum Gasteiger partial charge on any atom is -0.478 e. The van der Waals surface area contributed by atoms with Crippen molar-refractivity contribution in [3.63, 3.8) is 0 Å². The first-order chi connectivity index (χ1) is 14.6. The van der Waals surface area contributed by atoms with Crippen molar-refractivity contribution in [1.82, 2.24) is 9.80 Å². The molecule has 0 atom stereocenters. The third kappa shape index (κ3) is 5.78. The van der Waals surface area contributed by atoms with Crippen LogP contribution in [0.2, 0.25) is 0 Å². The monoisotopic (exact) mass is 430 g/mol. The Morgan fingerprint density at radius 2 is 1.84 bits per heavy atom. The molecule has 9 nitrogen and oxygen atoms in total. The van der Waals surface area contributed by atoms with Gasteiger partial charge in [-0.2, -0.15) is 0 Å². The molecule has 1 saturated heterocycles. The molecule has 166 valence electrons. The number of hydrogen-bond acceptors (Lipinski definition) is 6. The molecule has 0 unspecified atom stereocenters. The van der Waals surface area contributed by atoms with Gasteiger partial charge in [0.05, 0.1) is 18.8 Å². The molecule has 1 aromatic heterocycles. The second-order valence-corrected chi connectivity index (χ2v) is 8.27. The number of aromatic carboxylic acids is 1. The fourth-order valence-electron chi connectivity index (χ4n) is 3.08. The van der Waals surface area contributed by atoms with Crippen molar-refractivity contribution < 1.29 is 33.4 Å². The number of carbonyl (C=O) groups excluding carboxylic acids is 2. The van der Waals surface area contributed by atoms with E-state index in [-0.39, 0.29) is 43.6 Å². The zero-order valence-electron chi connectivity index (χ0n) is 17.7. The van der Waals surface area contributed by atoms with E-state index in [2.05, 4.69) is 0 Å². The smallest absolute Gasteiger partial charge is 0.410 e. The molecule has 0 radical (unpaired) electrons. The number of carbonyl (C=O) groups is 3. The molecule has 1 aromatic carbocycles. The minimum atomic E-state index is -1.15. The van der Waals surface area contributed by atoms with Gasteiger partial charge in [0.2, 0.25) is 0 Å². The molecular formula is C22H26N2O7. The van der Waals surface area contributed by atoms with Gasteiger partial charge in [-0.05, 0) is 32.4 Å². The SMILES string of the molecule is CC(C)(C)OC(=O)N1CC(N(Cc2occc2C(=O)O)C(=O)OCc2ccccc2)C1. The van der Waals surface area contributed by atoms with Crippen molar-refractivity contribution in [2.45, 2.75) is 45.6 Å². The van der Waals surface area contributed by atoms with Crippen LogP contribution in [-0.2, 0) is 22.6 Å². The quantitative estimate of drug-likeness (QED) is 0.743. The second-order valence-electron chi connectivity index (χ2n) is 8.27. The Morgan fingerprint density at radius 1 is 1.16 bits per heavy atom. The van der Waals surface area contributed by atoms with E-state index in [1.807, 2.05) is 30.3 Å². The number of amides is 2. The summed E-state index contributed by atoms with van der Waals surface area (Å²) in [4.78, 5) is 39.3. The number of ether oxygens (including phenoxy) is 2. The van der Waals surface area contributed by atoms with Gasteiger partial charge >= 0.3 is 18.2 Å². The molecule has 1 fully saturated rings. The van der Waals surface area contributed by atoms with Crippen LogP contribution >= 0.6 is 0 Å². The summed E-state index contributed by atoms with van der Waals surface area (Å²) in [5.41, 5.74) is 0.175. The molecule has 0 bridgehead atoms. The molecule has 0 aliphatic carbocycles. The van der Waals surface area contributed by atoms with Crippen LogP contribution < -0.4 is 0 Å². The molecule has 1 aliphatic rings. The van der Waals surface area contributed by atoms with Gasteiger partial charge in [0.15, 0.2) is 0 Å². The number of furan rings is 1. The lowest BCUT2D eigenvalue weighted by molar-refractivity contribution is -0.0192. The summed E-state index contributed by atoms with van der Waals surface area (Å²) in [6.45, 7) is 5.81. The van der Waals surface area contributed by atoms with Crippen LogP contribution in [0.15, 0.2) is 47.1 Å². The summed E-state index contributed by atoms with van der Waals surface area (Å²) in [7, 11) is 0. The molecule has 0 saturated carbocycles. The van der Waals surface area contributed by atoms with Gasteiger partial charge in [-0.25, -0.2) is 14.4 Å². The number of nitrogens with zero attached hydrogens (tertiary/aromatic N) is 2. The van der Waals surface area contributed by atoms with E-state index in [9.17, 15) is 19.5 Å². The Kier molecular flexibility index (Phi) is 6.53. The second kappa shape index (κ2) is 9.11. The Labute approximate surface area is 180 Å². The van der Waals surface area contributed by atoms with Crippen molar-refractivity contribution in [2.24, 2.45) is 0 Å². The number of benzene rings is 1. The maximum Gasteiger partial charge on any atom is 0.410 e. The highest BCUT2D eigenvalue weighted by Gasteiger charge is 2.40. The first-order valence-electron chi connectivity index (χ1n) is 9.89. The highest BCUT2D eigenvalue weighted by Crippen LogP contribution is 2.23. The summed E-state index contributed by atoms with van der Waals surface area (Å²) < 4.78 is 16.1. The summed E-state index contributed by atoms with van der Waals surface area (Å²) in [5, 5.41) is 9.33. The Hall–Kier alpha value is -3.49. The lowest BCUT2D eigenvalue weighted by Crippen LogP contribution is -2.62. The van der Waals surface area contributed by atoms with E-state index in [4.69, 9.17) is 13.9 Å². The van der Waals surface area contributed by atoms with E-state index >= 15 is 0 Å². The zero-order chi connectivity index (χ0) is 22.6. The van der Waals surface area contributed by atoms with E-state index in [1.165, 1.54) is 22.1 Å². The van der Waals surface area contributed by atoms with Crippen LogP contribution in [-0.4, -0.2) is 57.8 Å². The number of carboxylic acids is 1. The highest BCUT2D eigenvalue weighted by molar-refractivity contribution is 5.88. The van der Waals surface area contributed by atoms with Gasteiger partial charge in [-0.1, -0.05) is 30.3 Å². The van der Waals surface area contributed by atoms with Crippen molar-refractivity contribution in [1.29, 1.82) is 0 Å². The Balaban J connectivity index is 1.69. The van der Waals surface area contributed by atoms with E-state index in [0.717, 1.165) is 5.56 Å². The molecule has 31 heavy (non-hydrogen) atoms. The number of carboxylic acid groups (broad SMARTS) is 1. The first kappa shape index (κ1) is 22.2. The normalized spacial score (nSPS) is 14.0. The van der Waals surface area contributed by atoms with Crippen molar-refractivity contribution in [3.8, 4) is 0 Å². The lowest BCUT2D eigenvalue weighted by Gasteiger charge is -2.44. The van der Waals surface area contributed by atoms with Crippen LogP contribution in [0.5, 0.6) is 0 Å². The topological polar surface area (TPSA) is 110 Å². The molecule has 3 rings (SSSR count). The summed E-state index contributed by atoms with van der Waals surface area (Å²) in [5.74, 6) is -1.01. The fraction of sp³-hybridized carbons (Fsp3) is 0.409. The molecule has 2 amide bonds. The Morgan fingerprint density at radius 3 is 2.45 bits per heavy atom. The molecule has 1 aliphatic heterocycles.